The number of H-pyrrole nitrogens is 1. The van der Waals surface area contributed by atoms with Gasteiger partial charge in [-0.05, 0) is 72.7 Å². The first-order valence-electron chi connectivity index (χ1n) is 15.0. The van der Waals surface area contributed by atoms with Gasteiger partial charge in [-0.2, -0.15) is 13.2 Å². The molecule has 0 spiro atoms. The molecule has 0 saturated carbocycles. The Morgan fingerprint density at radius 2 is 1.71 bits per heavy atom. The number of nitrogens with one attached hydrogen (secondary N) is 1. The number of halogens is 3. The molecule has 0 amide bonds. The van der Waals surface area contributed by atoms with Gasteiger partial charge in [0, 0.05) is 36.1 Å². The van der Waals surface area contributed by atoms with Crippen LogP contribution in [0.25, 0.3) is 28.8 Å². The third kappa shape index (κ3) is 8.04. The first-order valence-corrected chi connectivity index (χ1v) is 15.0. The van der Waals surface area contributed by atoms with E-state index in [1.54, 1.807) is 14.2 Å². The van der Waals surface area contributed by atoms with Crippen molar-refractivity contribution in [2.45, 2.75) is 38.8 Å². The van der Waals surface area contributed by atoms with E-state index in [0.717, 1.165) is 57.9 Å². The summed E-state index contributed by atoms with van der Waals surface area (Å²) in [6, 6.07) is 18.1. The van der Waals surface area contributed by atoms with Crippen LogP contribution in [0.4, 0.5) is 18.9 Å². The molecule has 1 saturated heterocycles. The van der Waals surface area contributed by atoms with Gasteiger partial charge in [0.25, 0.3) is 0 Å². The van der Waals surface area contributed by atoms with Crippen molar-refractivity contribution < 1.29 is 42.4 Å². The quantitative estimate of drug-likeness (QED) is 0.225. The van der Waals surface area contributed by atoms with Gasteiger partial charge in [0.2, 0.25) is 0 Å². The molecule has 3 N–H and O–H groups in total. The van der Waals surface area contributed by atoms with Crippen molar-refractivity contribution in [2.24, 2.45) is 10.2 Å². The monoisotopic (exact) mass is 664 g/mol. The summed E-state index contributed by atoms with van der Waals surface area (Å²) in [6.45, 7) is 7.09. The highest BCUT2D eigenvalue weighted by atomic mass is 19.4. The molecular weight excluding hydrogens is 629 g/mol. The van der Waals surface area contributed by atoms with Gasteiger partial charge in [-0.3, -0.25) is 4.90 Å². The van der Waals surface area contributed by atoms with Crippen LogP contribution < -0.4 is 19.9 Å². The van der Waals surface area contributed by atoms with Crippen molar-refractivity contribution in [3.63, 3.8) is 0 Å². The summed E-state index contributed by atoms with van der Waals surface area (Å²) < 4.78 is 48.7. The zero-order chi connectivity index (χ0) is 34.6. The maximum absolute atomic E-state index is 10.6. The average molecular weight is 665 g/mol. The molecule has 2 unspecified atom stereocenters. The summed E-state index contributed by atoms with van der Waals surface area (Å²) in [5, 5.41) is 29.1. The largest absolute Gasteiger partial charge is 0.497 e. The van der Waals surface area contributed by atoms with Gasteiger partial charge in [-0.25, -0.2) is 4.79 Å². The van der Waals surface area contributed by atoms with Crippen LogP contribution in [0.5, 0.6) is 17.4 Å². The van der Waals surface area contributed by atoms with Crippen LogP contribution in [-0.2, 0) is 16.1 Å². The highest BCUT2D eigenvalue weighted by molar-refractivity contribution is 5.93. The first-order chi connectivity index (χ1) is 22.8. The second-order valence-electron chi connectivity index (χ2n) is 11.5. The van der Waals surface area contributed by atoms with Gasteiger partial charge in [0.15, 0.2) is 5.88 Å². The zero-order valence-electron chi connectivity index (χ0n) is 26.7. The topological polar surface area (TPSA) is 129 Å². The standard InChI is InChI=1S/C33H34N4O4.C2HF3O2/c1-20-17-37(18-21(2)41-20)19-23-7-5-22(6-8-23)9-11-29-32-30(36-35-29)14-24(15-31(32)40-4)13-27-26-16-25(39-3)10-12-28(26)34-33(27)38;3-2(4,5)1(6)7/h5-16,20-21,34,38H,17-19H2,1-4H3;(H,6,7)/b11-9+,24-13?;. The molecule has 1 fully saturated rings. The van der Waals surface area contributed by atoms with E-state index in [2.05, 4.69) is 58.2 Å². The van der Waals surface area contributed by atoms with E-state index in [1.165, 1.54) is 5.56 Å². The lowest BCUT2D eigenvalue weighted by Crippen LogP contribution is -2.44. The summed E-state index contributed by atoms with van der Waals surface area (Å²) in [5.74, 6) is -1.29. The number of methoxy groups -OCH3 is 2. The molecule has 48 heavy (non-hydrogen) atoms. The SMILES string of the molecule is COc1ccc2[nH]c(O)c(C=c3cc4c(c(OC)c3)=C(/C=C/c3ccc(CN5CC(C)OC(C)C5)cc3)N=N4)c2c1.O=C(O)C(F)(F)F. The Kier molecular flexibility index (Phi) is 10.2. The number of nitrogens with zero attached hydrogens (tertiary/aromatic N) is 3. The molecule has 2 aliphatic rings. The lowest BCUT2D eigenvalue weighted by molar-refractivity contribution is -0.192. The van der Waals surface area contributed by atoms with Gasteiger partial charge < -0.3 is 29.4 Å². The van der Waals surface area contributed by atoms with Gasteiger partial charge in [-0.1, -0.05) is 30.3 Å². The number of carbonyl (C=O) groups is 1. The second kappa shape index (κ2) is 14.3. The number of aromatic hydroxyl groups is 1. The summed E-state index contributed by atoms with van der Waals surface area (Å²) in [6.07, 6.45) is 1.36. The molecule has 4 aromatic rings. The summed E-state index contributed by atoms with van der Waals surface area (Å²) in [5.41, 5.74) is 5.32. The average Bonchev–Trinajstić information content (AvgIpc) is 3.59. The first kappa shape index (κ1) is 34.2. The zero-order valence-corrected chi connectivity index (χ0v) is 26.7. The number of morpholine rings is 1. The molecule has 1 aromatic heterocycles. The molecule has 2 atom stereocenters. The Hall–Kier alpha value is -5.14. The molecule has 6 rings (SSSR count). The third-order valence-electron chi connectivity index (χ3n) is 7.74. The number of hydrogen-bond acceptors (Lipinski definition) is 8. The van der Waals surface area contributed by atoms with Crippen LogP contribution in [-0.4, -0.2) is 71.8 Å². The fourth-order valence-corrected chi connectivity index (χ4v) is 5.67. The van der Waals surface area contributed by atoms with Crippen molar-refractivity contribution in [2.75, 3.05) is 27.3 Å². The van der Waals surface area contributed by atoms with Crippen LogP contribution in [0, 0.1) is 0 Å². The lowest BCUT2D eigenvalue weighted by Gasteiger charge is -2.35. The predicted molar refractivity (Wildman–Crippen MR) is 175 cm³/mol. The minimum atomic E-state index is -5.08. The van der Waals surface area contributed by atoms with Crippen LogP contribution in [0.15, 0.2) is 70.9 Å². The number of alkyl halides is 3. The maximum Gasteiger partial charge on any atom is 0.490 e. The Labute approximate surface area is 274 Å². The minimum absolute atomic E-state index is 0.0876. The molecule has 252 valence electrons. The highest BCUT2D eigenvalue weighted by Crippen LogP contribution is 2.31. The van der Waals surface area contributed by atoms with Crippen LogP contribution in [0.3, 0.4) is 0 Å². The number of rotatable bonds is 7. The van der Waals surface area contributed by atoms with Crippen molar-refractivity contribution in [1.29, 1.82) is 0 Å². The van der Waals surface area contributed by atoms with Crippen LogP contribution in [0.2, 0.25) is 0 Å². The molecule has 0 aliphatic carbocycles. The Morgan fingerprint density at radius 3 is 2.33 bits per heavy atom. The molecule has 3 aromatic carbocycles. The molecule has 13 heteroatoms. The number of azo groups is 1. The van der Waals surface area contributed by atoms with E-state index in [-0.39, 0.29) is 18.1 Å². The van der Waals surface area contributed by atoms with Gasteiger partial charge in [0.1, 0.15) is 11.5 Å². The van der Waals surface area contributed by atoms with Crippen molar-refractivity contribution in [3.8, 4) is 17.4 Å². The number of carboxylic acid groups (broad SMARTS) is 1. The van der Waals surface area contributed by atoms with Gasteiger partial charge in [0.05, 0.1) is 43.0 Å². The number of benzene rings is 3. The van der Waals surface area contributed by atoms with Crippen molar-refractivity contribution in [3.05, 3.63) is 87.8 Å². The van der Waals surface area contributed by atoms with E-state index < -0.39 is 12.1 Å². The normalized spacial score (nSPS) is 18.2. The smallest absolute Gasteiger partial charge is 0.490 e. The number of aromatic nitrogens is 1. The van der Waals surface area contributed by atoms with Gasteiger partial charge >= 0.3 is 12.1 Å². The molecular formula is C35H35F3N4O6. The number of hydrogen-bond donors (Lipinski definition) is 3. The van der Waals surface area contributed by atoms with Crippen LogP contribution >= 0.6 is 0 Å². The van der Waals surface area contributed by atoms with E-state index in [4.69, 9.17) is 24.1 Å². The minimum Gasteiger partial charge on any atom is -0.497 e. The predicted octanol–water partition coefficient (Wildman–Crippen LogP) is 5.88. The van der Waals surface area contributed by atoms with Crippen molar-refractivity contribution in [1.82, 2.24) is 9.88 Å². The van der Waals surface area contributed by atoms with Crippen molar-refractivity contribution >= 4 is 40.4 Å². The summed E-state index contributed by atoms with van der Waals surface area (Å²) in [4.78, 5) is 14.4. The second-order valence-corrected chi connectivity index (χ2v) is 11.5. The fourth-order valence-electron chi connectivity index (χ4n) is 5.67. The van der Waals surface area contributed by atoms with Crippen LogP contribution in [0.1, 0.15) is 30.5 Å². The van der Waals surface area contributed by atoms with E-state index in [9.17, 15) is 18.3 Å². The molecule has 2 aliphatic heterocycles. The van der Waals surface area contributed by atoms with E-state index in [1.807, 2.05) is 48.6 Å². The summed E-state index contributed by atoms with van der Waals surface area (Å²) >= 11 is 0. The number of aliphatic carboxylic acids is 1. The van der Waals surface area contributed by atoms with E-state index in [0.29, 0.717) is 17.1 Å². The fraction of sp³-hybridized carbons (Fsp3) is 0.286. The molecule has 10 nitrogen and oxygen atoms in total. The number of aromatic amines is 1. The summed E-state index contributed by atoms with van der Waals surface area (Å²) in [7, 11) is 3.26. The number of fused-ring (bicyclic) bond motifs is 2. The Balaban J connectivity index is 0.000000582. The molecule has 0 radical (unpaired) electrons. The number of ether oxygens (including phenoxy) is 3. The third-order valence-corrected chi connectivity index (χ3v) is 7.74. The lowest BCUT2D eigenvalue weighted by atomic mass is 10.1. The molecule has 3 heterocycles. The Bertz CT molecular complexity index is 1980. The number of carboxylic acids is 1. The molecule has 0 bridgehead atoms. The Morgan fingerprint density at radius 1 is 1.02 bits per heavy atom. The van der Waals surface area contributed by atoms with Gasteiger partial charge in [-0.15, -0.1) is 10.2 Å². The van der Waals surface area contributed by atoms with E-state index >= 15 is 0 Å². The highest BCUT2D eigenvalue weighted by Gasteiger charge is 2.38. The maximum atomic E-state index is 10.6.